The van der Waals surface area contributed by atoms with Crippen LogP contribution in [0.25, 0.3) is 0 Å². The quantitative estimate of drug-likeness (QED) is 0.162. The smallest absolute Gasteiger partial charge is 0.147 e. The Hall–Kier alpha value is 1.25. The molecule has 0 aliphatic heterocycles. The minimum atomic E-state index is 0. The summed E-state index contributed by atoms with van der Waals surface area (Å²) in [5.74, 6) is 0. The molecule has 0 aromatic carbocycles. The Kier molecular flexibility index (Phi) is 33.1. The third-order valence-electron chi connectivity index (χ3n) is 4.56. The van der Waals surface area contributed by atoms with Gasteiger partial charge in [0.2, 0.25) is 0 Å². The van der Waals surface area contributed by atoms with Crippen molar-refractivity contribution in [3.63, 3.8) is 0 Å². The van der Waals surface area contributed by atoms with Crippen LogP contribution in [0, 0.1) is 0 Å². The van der Waals surface area contributed by atoms with Gasteiger partial charge in [-0.2, -0.15) is 0 Å². The first-order chi connectivity index (χ1) is 10.8. The van der Waals surface area contributed by atoms with Crippen molar-refractivity contribution in [2.75, 3.05) is 13.1 Å². The van der Waals surface area contributed by atoms with E-state index in [1.165, 1.54) is 116 Å². The molecule has 0 aliphatic rings. The molecule has 0 atom stereocenters. The third kappa shape index (κ3) is 25.5. The van der Waals surface area contributed by atoms with Crippen LogP contribution >= 0.6 is 24.8 Å². The van der Waals surface area contributed by atoms with E-state index in [4.69, 9.17) is 0 Å². The fourth-order valence-corrected chi connectivity index (χ4v) is 3.48. The second-order valence-corrected chi connectivity index (χ2v) is 7.92. The molecule has 0 heterocycles. The Balaban J connectivity index is -0.00000220. The number of nitrogens with zero attached hydrogens (tertiary/aromatic N) is 1. The maximum absolute atomic E-state index is 2.55. The zero-order valence-corrected chi connectivity index (χ0v) is 19.7. The minimum absolute atomic E-state index is 0. The van der Waals surface area contributed by atoms with Crippen molar-refractivity contribution in [3.8, 4) is 0 Å². The van der Waals surface area contributed by atoms with Gasteiger partial charge in [-0.05, 0) is 0 Å². The van der Waals surface area contributed by atoms with Gasteiger partial charge in [-0.25, -0.2) is 0 Å². The van der Waals surface area contributed by atoms with Gasteiger partial charge in [-0.15, -0.1) is 24.8 Å². The molecule has 1 nitrogen and oxygen atoms in total. The molecule has 0 unspecified atom stereocenters. The molecule has 0 saturated carbocycles. The van der Waals surface area contributed by atoms with E-state index in [0.29, 0.717) is 0 Å². The second-order valence-electron chi connectivity index (χ2n) is 6.94. The average Bonchev–Trinajstić information content (AvgIpc) is 2.52. The largest absolute Gasteiger partial charge is 0.147 e. The van der Waals surface area contributed by atoms with Gasteiger partial charge in [0.15, 0.2) is 0 Å². The molecule has 0 rings (SSSR count). The van der Waals surface area contributed by atoms with Crippen molar-refractivity contribution in [1.29, 1.82) is 0 Å². The van der Waals surface area contributed by atoms with Crippen molar-refractivity contribution in [2.45, 2.75) is 117 Å². The van der Waals surface area contributed by atoms with Gasteiger partial charge in [0.1, 0.15) is 0 Å². The van der Waals surface area contributed by atoms with Crippen molar-refractivity contribution in [1.82, 2.24) is 3.38 Å². The number of hydrogen-bond donors (Lipinski definition) is 0. The van der Waals surface area contributed by atoms with Crippen LogP contribution in [0.3, 0.4) is 0 Å². The van der Waals surface area contributed by atoms with Crippen LogP contribution in [0.5, 0.6) is 0 Å². The Morgan fingerprint density at radius 2 is 0.708 bits per heavy atom. The number of unbranched alkanes of at least 4 members (excludes halogenated alkanes) is 14. The molecule has 0 aromatic rings. The minimum Gasteiger partial charge on any atom is -0.147 e. The van der Waals surface area contributed by atoms with Gasteiger partial charge in [0.05, 0.1) is 0 Å². The van der Waals surface area contributed by atoms with E-state index in [1.54, 1.807) is 0 Å². The van der Waals surface area contributed by atoms with Crippen LogP contribution in [-0.2, 0) is 20.7 Å². The summed E-state index contributed by atoms with van der Waals surface area (Å²) in [5, 5.41) is 0. The van der Waals surface area contributed by atoms with Crippen LogP contribution in [0.15, 0.2) is 0 Å². The van der Waals surface area contributed by atoms with E-state index >= 15 is 0 Å². The number of rotatable bonds is 18. The SMILES string of the molecule is CCCCCCCCCC[N]([Ti])CCCCCCCCCC.Cl.Cl. The predicted octanol–water partition coefficient (Wildman–Crippen LogP) is 7.88. The van der Waals surface area contributed by atoms with Gasteiger partial charge >= 0.3 is 154 Å². The fraction of sp³-hybridized carbons (Fsp3) is 1.00. The maximum atomic E-state index is 2.55. The van der Waals surface area contributed by atoms with E-state index in [-0.39, 0.29) is 24.8 Å². The molecule has 0 aliphatic carbocycles. The van der Waals surface area contributed by atoms with Gasteiger partial charge in [0.25, 0.3) is 0 Å². The summed E-state index contributed by atoms with van der Waals surface area (Å²) in [7, 11) is 0. The molecule has 147 valence electrons. The van der Waals surface area contributed by atoms with Gasteiger partial charge in [-0.1, -0.05) is 0 Å². The molecule has 24 heavy (non-hydrogen) atoms. The third-order valence-corrected chi connectivity index (χ3v) is 5.26. The first-order valence-electron chi connectivity index (χ1n) is 10.3. The summed E-state index contributed by atoms with van der Waals surface area (Å²) >= 11 is 2.31. The van der Waals surface area contributed by atoms with Gasteiger partial charge < -0.3 is 0 Å². The van der Waals surface area contributed by atoms with Crippen LogP contribution in [0.1, 0.15) is 117 Å². The second kappa shape index (κ2) is 26.5. The summed E-state index contributed by atoms with van der Waals surface area (Å²) in [6.45, 7) is 7.21. The Labute approximate surface area is 178 Å². The van der Waals surface area contributed by atoms with Crippen molar-refractivity contribution < 1.29 is 20.7 Å². The molecule has 0 amide bonds. The van der Waals surface area contributed by atoms with Crippen LogP contribution in [0.2, 0.25) is 0 Å². The molecule has 4 heteroatoms. The van der Waals surface area contributed by atoms with Crippen LogP contribution in [-0.4, -0.2) is 16.5 Å². The van der Waals surface area contributed by atoms with Crippen LogP contribution in [0.4, 0.5) is 0 Å². The molecule has 0 fully saturated rings. The summed E-state index contributed by atoms with van der Waals surface area (Å²) in [6.07, 6.45) is 22.9. The molecule has 0 radical (unpaired) electrons. The molecular weight excluding hydrogens is 373 g/mol. The van der Waals surface area contributed by atoms with E-state index < -0.39 is 0 Å². The first kappa shape index (κ1) is 30.0. The van der Waals surface area contributed by atoms with Crippen molar-refractivity contribution >= 4 is 24.8 Å². The molecule has 0 aromatic heterocycles. The Morgan fingerprint density at radius 1 is 0.458 bits per heavy atom. The fourth-order valence-electron chi connectivity index (χ4n) is 2.98. The number of hydrogen-bond acceptors (Lipinski definition) is 1. The first-order valence-corrected chi connectivity index (χ1v) is 11.0. The average molecular weight is 417 g/mol. The summed E-state index contributed by atoms with van der Waals surface area (Å²) < 4.78 is 2.55. The summed E-state index contributed by atoms with van der Waals surface area (Å²) in [4.78, 5) is 0. The van der Waals surface area contributed by atoms with Gasteiger partial charge in [0, 0.05) is 0 Å². The van der Waals surface area contributed by atoms with Gasteiger partial charge in [-0.3, -0.25) is 0 Å². The molecular formula is C20H44Cl2NTi. The predicted molar refractivity (Wildman–Crippen MR) is 111 cm³/mol. The maximum Gasteiger partial charge on any atom is -0.147 e. The zero-order valence-electron chi connectivity index (χ0n) is 16.5. The number of halogens is 2. The van der Waals surface area contributed by atoms with E-state index in [2.05, 4.69) is 37.9 Å². The summed E-state index contributed by atoms with van der Waals surface area (Å²) in [6, 6.07) is 0. The van der Waals surface area contributed by atoms with Crippen LogP contribution < -0.4 is 0 Å². The Bertz CT molecular complexity index is 186. The molecule has 0 spiro atoms. The van der Waals surface area contributed by atoms with E-state index in [1.807, 2.05) is 0 Å². The van der Waals surface area contributed by atoms with Crippen molar-refractivity contribution in [2.24, 2.45) is 0 Å². The molecule has 0 bridgehead atoms. The molecule has 0 N–H and O–H groups in total. The standard InChI is InChI=1S/C20H42N.2ClH.Ti/c1-3-5-7-9-11-13-15-17-19-21-20-18-16-14-12-10-8-6-4-2;;;/h3-20H2,1-2H3;2*1H;/q-1;;;+1. The van der Waals surface area contributed by atoms with E-state index in [0.717, 1.165) is 0 Å². The molecule has 0 saturated heterocycles. The van der Waals surface area contributed by atoms with Crippen molar-refractivity contribution in [3.05, 3.63) is 0 Å². The monoisotopic (exact) mass is 416 g/mol. The van der Waals surface area contributed by atoms with E-state index in [9.17, 15) is 0 Å². The normalized spacial score (nSPS) is 10.4. The summed E-state index contributed by atoms with van der Waals surface area (Å²) in [5.41, 5.74) is 0. The zero-order chi connectivity index (χ0) is 16.3. The Morgan fingerprint density at radius 3 is 1.00 bits per heavy atom. The topological polar surface area (TPSA) is 3.24 Å².